The molecule has 2 aromatic carbocycles. The van der Waals surface area contributed by atoms with Crippen LogP contribution in [0.5, 0.6) is 0 Å². The number of rotatable bonds is 6. The maximum atomic E-state index is 4.74. The van der Waals surface area contributed by atoms with E-state index in [1.807, 2.05) is 12.3 Å². The van der Waals surface area contributed by atoms with Gasteiger partial charge in [-0.05, 0) is 29.7 Å². The van der Waals surface area contributed by atoms with Crippen LogP contribution in [0.15, 0.2) is 66.9 Å². The summed E-state index contributed by atoms with van der Waals surface area (Å²) in [6.45, 7) is 7.95. The molecule has 0 atom stereocenters. The summed E-state index contributed by atoms with van der Waals surface area (Å²) in [5.74, 6) is 1.69. The summed E-state index contributed by atoms with van der Waals surface area (Å²) in [6.07, 6.45) is 1.85. The van der Waals surface area contributed by atoms with Gasteiger partial charge in [-0.25, -0.2) is 4.98 Å². The molecule has 0 aliphatic carbocycles. The van der Waals surface area contributed by atoms with Crippen LogP contribution in [0.4, 0.5) is 11.8 Å². The fourth-order valence-electron chi connectivity index (χ4n) is 3.57. The molecule has 4 rings (SSSR count). The van der Waals surface area contributed by atoms with Crippen molar-refractivity contribution in [3.8, 4) is 0 Å². The molecule has 0 radical (unpaired) electrons. The molecule has 1 aliphatic rings. The molecule has 1 fully saturated rings. The van der Waals surface area contributed by atoms with Gasteiger partial charge in [-0.15, -0.1) is 0 Å². The van der Waals surface area contributed by atoms with Crippen LogP contribution in [0.3, 0.4) is 0 Å². The lowest BCUT2D eigenvalue weighted by molar-refractivity contribution is 0.249. The molecule has 1 aromatic heterocycles. The van der Waals surface area contributed by atoms with E-state index in [9.17, 15) is 0 Å². The molecule has 3 aromatic rings. The van der Waals surface area contributed by atoms with Crippen LogP contribution in [-0.4, -0.2) is 41.0 Å². The second kappa shape index (κ2) is 8.85. The first-order valence-electron chi connectivity index (χ1n) is 9.90. The quantitative estimate of drug-likeness (QED) is 0.713. The highest BCUT2D eigenvalue weighted by atomic mass is 15.3. The van der Waals surface area contributed by atoms with Gasteiger partial charge in [0.1, 0.15) is 5.82 Å². The van der Waals surface area contributed by atoms with Gasteiger partial charge < -0.3 is 10.2 Å². The fraction of sp³-hybridized carbons (Fsp3) is 0.304. The summed E-state index contributed by atoms with van der Waals surface area (Å²) < 4.78 is 0. The molecule has 2 heterocycles. The first kappa shape index (κ1) is 18.4. The number of aryl methyl sites for hydroxylation is 1. The first-order chi connectivity index (χ1) is 13.8. The number of aromatic nitrogens is 2. The third-order valence-corrected chi connectivity index (χ3v) is 5.28. The Hall–Kier alpha value is -2.92. The van der Waals surface area contributed by atoms with Gasteiger partial charge in [0, 0.05) is 45.5 Å². The number of piperazine rings is 1. The second-order valence-corrected chi connectivity index (χ2v) is 7.27. The highest BCUT2D eigenvalue weighted by Crippen LogP contribution is 2.17. The molecule has 1 saturated heterocycles. The van der Waals surface area contributed by atoms with Crippen LogP contribution < -0.4 is 10.2 Å². The van der Waals surface area contributed by atoms with Crippen LogP contribution in [0, 0.1) is 6.92 Å². The highest BCUT2D eigenvalue weighted by molar-refractivity contribution is 5.43. The first-order valence-corrected chi connectivity index (χ1v) is 9.90. The summed E-state index contributed by atoms with van der Waals surface area (Å²) in [6, 6.07) is 21.1. The highest BCUT2D eigenvalue weighted by Gasteiger charge is 2.18. The Kier molecular flexibility index (Phi) is 5.83. The Morgan fingerprint density at radius 1 is 0.893 bits per heavy atom. The molecule has 0 bridgehead atoms. The van der Waals surface area contributed by atoms with Gasteiger partial charge in [0.05, 0.1) is 0 Å². The number of hydrogen-bond acceptors (Lipinski definition) is 5. The minimum atomic E-state index is 0.687. The van der Waals surface area contributed by atoms with Crippen molar-refractivity contribution in [3.05, 3.63) is 83.6 Å². The Morgan fingerprint density at radius 3 is 2.43 bits per heavy atom. The number of nitrogens with one attached hydrogen (secondary N) is 1. The molecular weight excluding hydrogens is 346 g/mol. The molecular formula is C23H27N5. The molecule has 0 unspecified atom stereocenters. The molecule has 5 heteroatoms. The predicted octanol–water partition coefficient (Wildman–Crippen LogP) is 3.72. The molecule has 0 spiro atoms. The second-order valence-electron chi connectivity index (χ2n) is 7.27. The van der Waals surface area contributed by atoms with E-state index in [1.54, 1.807) is 0 Å². The van der Waals surface area contributed by atoms with E-state index < -0.39 is 0 Å². The third-order valence-electron chi connectivity index (χ3n) is 5.28. The predicted molar refractivity (Wildman–Crippen MR) is 114 cm³/mol. The van der Waals surface area contributed by atoms with E-state index in [4.69, 9.17) is 4.98 Å². The van der Waals surface area contributed by atoms with E-state index in [0.29, 0.717) is 5.95 Å². The minimum Gasteiger partial charge on any atom is -0.354 e. The summed E-state index contributed by atoms with van der Waals surface area (Å²) in [7, 11) is 0. The van der Waals surface area contributed by atoms with Gasteiger partial charge >= 0.3 is 0 Å². The lowest BCUT2D eigenvalue weighted by Gasteiger charge is -2.35. The molecule has 0 saturated carbocycles. The standard InChI is InChI=1S/C23H27N5/c1-19-7-5-6-10-21(19)17-25-23-24-12-11-22(26-23)28-15-13-27(14-16-28)18-20-8-3-2-4-9-20/h2-12H,13-18H2,1H3,(H,24,25,26). The van der Waals surface area contributed by atoms with Crippen molar-refractivity contribution in [2.75, 3.05) is 36.4 Å². The monoisotopic (exact) mass is 373 g/mol. The van der Waals surface area contributed by atoms with E-state index in [0.717, 1.165) is 45.1 Å². The largest absolute Gasteiger partial charge is 0.354 e. The summed E-state index contributed by atoms with van der Waals surface area (Å²) in [5, 5.41) is 3.36. The molecule has 28 heavy (non-hydrogen) atoms. The van der Waals surface area contributed by atoms with E-state index in [1.165, 1.54) is 16.7 Å². The van der Waals surface area contributed by atoms with E-state index in [-0.39, 0.29) is 0 Å². The van der Waals surface area contributed by atoms with Crippen molar-refractivity contribution in [3.63, 3.8) is 0 Å². The smallest absolute Gasteiger partial charge is 0.224 e. The molecule has 1 N–H and O–H groups in total. The zero-order chi connectivity index (χ0) is 19.2. The lowest BCUT2D eigenvalue weighted by atomic mass is 10.1. The third kappa shape index (κ3) is 4.67. The number of nitrogens with zero attached hydrogens (tertiary/aromatic N) is 4. The zero-order valence-electron chi connectivity index (χ0n) is 16.4. The van der Waals surface area contributed by atoms with Crippen LogP contribution in [0.2, 0.25) is 0 Å². The van der Waals surface area contributed by atoms with Crippen LogP contribution in [0.25, 0.3) is 0 Å². The topological polar surface area (TPSA) is 44.3 Å². The van der Waals surface area contributed by atoms with Crippen LogP contribution in [-0.2, 0) is 13.1 Å². The SMILES string of the molecule is Cc1ccccc1CNc1nccc(N2CCN(Cc3ccccc3)CC2)n1. The van der Waals surface area contributed by atoms with Crippen molar-refractivity contribution in [1.29, 1.82) is 0 Å². The summed E-state index contributed by atoms with van der Waals surface area (Å²) >= 11 is 0. The van der Waals surface area contributed by atoms with Gasteiger partial charge in [0.2, 0.25) is 5.95 Å². The number of benzene rings is 2. The van der Waals surface area contributed by atoms with Crippen molar-refractivity contribution >= 4 is 11.8 Å². The Balaban J connectivity index is 1.33. The van der Waals surface area contributed by atoms with Crippen molar-refractivity contribution in [1.82, 2.24) is 14.9 Å². The minimum absolute atomic E-state index is 0.687. The van der Waals surface area contributed by atoms with Gasteiger partial charge in [0.15, 0.2) is 0 Å². The summed E-state index contributed by atoms with van der Waals surface area (Å²) in [4.78, 5) is 14.0. The van der Waals surface area contributed by atoms with E-state index in [2.05, 4.69) is 81.6 Å². The fourth-order valence-corrected chi connectivity index (χ4v) is 3.57. The van der Waals surface area contributed by atoms with E-state index >= 15 is 0 Å². The zero-order valence-corrected chi connectivity index (χ0v) is 16.4. The average Bonchev–Trinajstić information content (AvgIpc) is 2.75. The van der Waals surface area contributed by atoms with Gasteiger partial charge in [-0.3, -0.25) is 4.90 Å². The molecule has 1 aliphatic heterocycles. The van der Waals surface area contributed by atoms with Crippen molar-refractivity contribution < 1.29 is 0 Å². The van der Waals surface area contributed by atoms with Crippen molar-refractivity contribution in [2.45, 2.75) is 20.0 Å². The average molecular weight is 374 g/mol. The molecule has 144 valence electrons. The van der Waals surface area contributed by atoms with Crippen LogP contribution in [0.1, 0.15) is 16.7 Å². The molecule has 5 nitrogen and oxygen atoms in total. The van der Waals surface area contributed by atoms with Gasteiger partial charge in [-0.1, -0.05) is 54.6 Å². The van der Waals surface area contributed by atoms with Gasteiger partial charge in [0.25, 0.3) is 0 Å². The maximum Gasteiger partial charge on any atom is 0.224 e. The van der Waals surface area contributed by atoms with Gasteiger partial charge in [-0.2, -0.15) is 4.98 Å². The number of hydrogen-bond donors (Lipinski definition) is 1. The molecule has 0 amide bonds. The Labute approximate surface area is 167 Å². The van der Waals surface area contributed by atoms with Crippen LogP contribution >= 0.6 is 0 Å². The van der Waals surface area contributed by atoms with Crippen molar-refractivity contribution in [2.24, 2.45) is 0 Å². The number of anilines is 2. The Bertz CT molecular complexity index is 888. The summed E-state index contributed by atoms with van der Waals surface area (Å²) in [5.41, 5.74) is 3.92. The Morgan fingerprint density at radius 2 is 1.64 bits per heavy atom. The normalized spacial score (nSPS) is 14.8. The lowest BCUT2D eigenvalue weighted by Crippen LogP contribution is -2.46. The maximum absolute atomic E-state index is 4.74.